The molecule has 2 nitrogen and oxygen atoms in total. The van der Waals surface area contributed by atoms with Crippen molar-refractivity contribution < 1.29 is 8.42 Å². The van der Waals surface area contributed by atoms with Crippen molar-refractivity contribution in [3.63, 3.8) is 0 Å². The molecule has 0 saturated carbocycles. The van der Waals surface area contributed by atoms with Crippen molar-refractivity contribution in [3.05, 3.63) is 59.7 Å². The largest absolute Gasteiger partial charge is 0.224 e. The quantitative estimate of drug-likeness (QED) is 0.783. The Balaban J connectivity index is 0.000000204. The molecular weight excluding hydrogens is 288 g/mol. The molecule has 0 spiro atoms. The minimum absolute atomic E-state index is 0.378. The second-order valence-corrected chi connectivity index (χ2v) is 7.50. The number of thioether (sulfide) groups is 1. The monoisotopic (exact) mass is 308 g/mol. The van der Waals surface area contributed by atoms with Gasteiger partial charge in [-0.05, 0) is 44.4 Å². The molecule has 108 valence electrons. The van der Waals surface area contributed by atoms with Gasteiger partial charge in [-0.25, -0.2) is 8.42 Å². The van der Waals surface area contributed by atoms with E-state index in [1.165, 1.54) is 16.7 Å². The Labute approximate surface area is 126 Å². The third kappa shape index (κ3) is 5.80. The Bertz CT molecular complexity index is 627. The van der Waals surface area contributed by atoms with Crippen molar-refractivity contribution in [1.29, 1.82) is 0 Å². The number of rotatable bonds is 2. The first-order valence-electron chi connectivity index (χ1n) is 6.20. The van der Waals surface area contributed by atoms with Crippen molar-refractivity contribution in [2.75, 3.05) is 12.5 Å². The molecular formula is C16H20O2S2. The Morgan fingerprint density at radius 3 is 1.55 bits per heavy atom. The van der Waals surface area contributed by atoms with Gasteiger partial charge in [-0.1, -0.05) is 35.4 Å². The molecule has 0 N–H and O–H groups in total. The molecule has 0 atom stereocenters. The van der Waals surface area contributed by atoms with Gasteiger partial charge in [0.25, 0.3) is 0 Å². The van der Waals surface area contributed by atoms with Crippen LogP contribution >= 0.6 is 11.8 Å². The van der Waals surface area contributed by atoms with Gasteiger partial charge in [-0.3, -0.25) is 0 Å². The van der Waals surface area contributed by atoms with Crippen LogP contribution in [0, 0.1) is 13.8 Å². The molecule has 0 aliphatic heterocycles. The van der Waals surface area contributed by atoms with Gasteiger partial charge < -0.3 is 0 Å². The lowest BCUT2D eigenvalue weighted by Crippen LogP contribution is -1.95. The zero-order valence-corrected chi connectivity index (χ0v) is 13.9. The highest BCUT2D eigenvalue weighted by molar-refractivity contribution is 7.98. The second-order valence-electron chi connectivity index (χ2n) is 4.60. The molecule has 0 aliphatic rings. The molecule has 0 radical (unpaired) electrons. The Kier molecular flexibility index (Phi) is 6.30. The van der Waals surface area contributed by atoms with Crippen LogP contribution in [0.5, 0.6) is 0 Å². The Morgan fingerprint density at radius 2 is 1.20 bits per heavy atom. The zero-order valence-electron chi connectivity index (χ0n) is 12.3. The van der Waals surface area contributed by atoms with E-state index >= 15 is 0 Å². The molecule has 0 aromatic heterocycles. The zero-order chi connectivity index (χ0) is 15.2. The maximum Gasteiger partial charge on any atom is 0.175 e. The van der Waals surface area contributed by atoms with Crippen molar-refractivity contribution >= 4 is 21.6 Å². The molecule has 2 aromatic carbocycles. The molecule has 2 rings (SSSR count). The lowest BCUT2D eigenvalue weighted by Gasteiger charge is -1.96. The molecule has 0 fully saturated rings. The Hall–Kier alpha value is -1.26. The van der Waals surface area contributed by atoms with E-state index in [1.54, 1.807) is 36.0 Å². The highest BCUT2D eigenvalue weighted by Crippen LogP contribution is 2.13. The van der Waals surface area contributed by atoms with Crippen molar-refractivity contribution in [2.45, 2.75) is 23.6 Å². The van der Waals surface area contributed by atoms with Crippen LogP contribution in [0.3, 0.4) is 0 Å². The fourth-order valence-corrected chi connectivity index (χ4v) is 2.50. The van der Waals surface area contributed by atoms with Gasteiger partial charge in [0.2, 0.25) is 0 Å². The highest BCUT2D eigenvalue weighted by Gasteiger charge is 2.04. The molecule has 0 aliphatic carbocycles. The molecule has 0 unspecified atom stereocenters. The van der Waals surface area contributed by atoms with E-state index in [9.17, 15) is 8.42 Å². The van der Waals surface area contributed by atoms with E-state index in [4.69, 9.17) is 0 Å². The molecule has 2 aromatic rings. The summed E-state index contributed by atoms with van der Waals surface area (Å²) >= 11 is 1.78. The van der Waals surface area contributed by atoms with Crippen molar-refractivity contribution in [2.24, 2.45) is 0 Å². The van der Waals surface area contributed by atoms with Gasteiger partial charge in [0.15, 0.2) is 9.84 Å². The number of benzene rings is 2. The van der Waals surface area contributed by atoms with Crippen LogP contribution in [0.1, 0.15) is 11.1 Å². The van der Waals surface area contributed by atoms with Crippen LogP contribution in [0.2, 0.25) is 0 Å². The predicted octanol–water partition coefficient (Wildman–Crippen LogP) is 4.12. The Morgan fingerprint density at radius 1 is 0.800 bits per heavy atom. The first-order chi connectivity index (χ1) is 9.32. The summed E-state index contributed by atoms with van der Waals surface area (Å²) in [6, 6.07) is 15.3. The summed E-state index contributed by atoms with van der Waals surface area (Å²) in [5.41, 5.74) is 2.39. The molecule has 4 heteroatoms. The minimum atomic E-state index is -3.02. The number of aryl methyl sites for hydroxylation is 2. The second kappa shape index (κ2) is 7.50. The lowest BCUT2D eigenvalue weighted by molar-refractivity contribution is 0.602. The summed E-state index contributed by atoms with van der Waals surface area (Å²) in [5.74, 6) is 0. The van der Waals surface area contributed by atoms with Crippen LogP contribution in [0.25, 0.3) is 0 Å². The van der Waals surface area contributed by atoms with E-state index < -0.39 is 9.84 Å². The topological polar surface area (TPSA) is 34.1 Å². The fourth-order valence-electron chi connectivity index (χ4n) is 1.46. The van der Waals surface area contributed by atoms with Crippen LogP contribution in [-0.4, -0.2) is 20.9 Å². The standard InChI is InChI=1S/C8H10O2S.C8H10S/c1-7-3-5-8(6-4-7)11(2,9)10;1-7-3-5-8(9-2)6-4-7/h3-6H,1-2H3;3-6H,1-2H3. The van der Waals surface area contributed by atoms with Crippen LogP contribution in [0.4, 0.5) is 0 Å². The predicted molar refractivity (Wildman–Crippen MR) is 87.2 cm³/mol. The van der Waals surface area contributed by atoms with Gasteiger partial charge in [-0.15, -0.1) is 11.8 Å². The van der Waals surface area contributed by atoms with E-state index in [0.29, 0.717) is 4.90 Å². The fraction of sp³-hybridized carbons (Fsp3) is 0.250. The van der Waals surface area contributed by atoms with E-state index in [1.807, 2.05) is 6.92 Å². The third-order valence-electron chi connectivity index (χ3n) is 2.71. The minimum Gasteiger partial charge on any atom is -0.224 e. The summed E-state index contributed by atoms with van der Waals surface area (Å²) in [7, 11) is -3.02. The van der Waals surface area contributed by atoms with E-state index in [0.717, 1.165) is 5.56 Å². The van der Waals surface area contributed by atoms with Gasteiger partial charge >= 0.3 is 0 Å². The van der Waals surface area contributed by atoms with Gasteiger partial charge in [0, 0.05) is 11.2 Å². The summed E-state index contributed by atoms with van der Waals surface area (Å²) in [6.07, 6.45) is 3.29. The summed E-state index contributed by atoms with van der Waals surface area (Å²) in [6.45, 7) is 4.02. The molecule has 20 heavy (non-hydrogen) atoms. The molecule has 0 bridgehead atoms. The normalized spacial score (nSPS) is 10.6. The smallest absolute Gasteiger partial charge is 0.175 e. The number of sulfone groups is 1. The molecule has 0 saturated heterocycles. The summed E-state index contributed by atoms with van der Waals surface area (Å²) < 4.78 is 21.9. The highest BCUT2D eigenvalue weighted by atomic mass is 32.2. The molecule has 0 heterocycles. The third-order valence-corrected chi connectivity index (χ3v) is 4.58. The lowest BCUT2D eigenvalue weighted by atomic mass is 10.2. The molecule has 0 amide bonds. The van der Waals surface area contributed by atoms with Crippen LogP contribution in [-0.2, 0) is 9.84 Å². The maximum absolute atomic E-state index is 10.9. The summed E-state index contributed by atoms with van der Waals surface area (Å²) in [4.78, 5) is 1.71. The average molecular weight is 308 g/mol. The maximum atomic E-state index is 10.9. The number of hydrogen-bond acceptors (Lipinski definition) is 3. The van der Waals surface area contributed by atoms with Crippen LogP contribution in [0.15, 0.2) is 58.3 Å². The first kappa shape index (κ1) is 16.8. The van der Waals surface area contributed by atoms with E-state index in [2.05, 4.69) is 37.4 Å². The SMILES string of the molecule is CSc1ccc(C)cc1.Cc1ccc(S(C)(=O)=O)cc1. The average Bonchev–Trinajstić information content (AvgIpc) is 2.40. The number of hydrogen-bond donors (Lipinski definition) is 0. The van der Waals surface area contributed by atoms with E-state index in [-0.39, 0.29) is 0 Å². The van der Waals surface area contributed by atoms with Crippen molar-refractivity contribution in [3.8, 4) is 0 Å². The van der Waals surface area contributed by atoms with Gasteiger partial charge in [0.1, 0.15) is 0 Å². The van der Waals surface area contributed by atoms with Crippen molar-refractivity contribution in [1.82, 2.24) is 0 Å². The summed E-state index contributed by atoms with van der Waals surface area (Å²) in [5, 5.41) is 0. The van der Waals surface area contributed by atoms with Crippen LogP contribution < -0.4 is 0 Å². The van der Waals surface area contributed by atoms with Gasteiger partial charge in [0.05, 0.1) is 4.90 Å². The first-order valence-corrected chi connectivity index (χ1v) is 9.32. The van der Waals surface area contributed by atoms with Gasteiger partial charge in [-0.2, -0.15) is 0 Å².